The van der Waals surface area contributed by atoms with Gasteiger partial charge in [0.15, 0.2) is 0 Å². The molecule has 1 aromatic rings. The van der Waals surface area contributed by atoms with Crippen molar-refractivity contribution in [3.63, 3.8) is 0 Å². The van der Waals surface area contributed by atoms with Crippen molar-refractivity contribution < 1.29 is 14.3 Å². The van der Waals surface area contributed by atoms with E-state index in [2.05, 4.69) is 15.9 Å². The molecule has 28 heavy (non-hydrogen) atoms. The first-order chi connectivity index (χ1) is 13.7. The summed E-state index contributed by atoms with van der Waals surface area (Å²) in [6.07, 6.45) is 2.08. The molecule has 0 bridgehead atoms. The Hall–Kier alpha value is -2.28. The number of piperazine rings is 2. The van der Waals surface area contributed by atoms with E-state index in [0.717, 1.165) is 50.5 Å². The number of benzene rings is 1. The third-order valence-electron chi connectivity index (χ3n) is 6.03. The van der Waals surface area contributed by atoms with Gasteiger partial charge in [-0.3, -0.25) is 14.5 Å². The lowest BCUT2D eigenvalue weighted by molar-refractivity contribution is -0.140. The van der Waals surface area contributed by atoms with Crippen LogP contribution in [-0.2, 0) is 9.59 Å². The van der Waals surface area contributed by atoms with Gasteiger partial charge in [-0.15, -0.1) is 0 Å². The topological polar surface area (TPSA) is 56.3 Å². The summed E-state index contributed by atoms with van der Waals surface area (Å²) in [5.41, 5.74) is 1.12. The Morgan fingerprint density at radius 1 is 0.929 bits per heavy atom. The predicted octanol–water partition coefficient (Wildman–Crippen LogP) is 0.898. The first kappa shape index (κ1) is 19.1. The molecule has 7 heteroatoms. The molecular weight excluding hydrogens is 356 g/mol. The van der Waals surface area contributed by atoms with Gasteiger partial charge in [0.25, 0.3) is 0 Å². The molecule has 0 radical (unpaired) electrons. The predicted molar refractivity (Wildman–Crippen MR) is 108 cm³/mol. The van der Waals surface area contributed by atoms with Crippen molar-refractivity contribution in [3.8, 4) is 5.75 Å². The molecule has 0 spiro atoms. The third kappa shape index (κ3) is 4.24. The molecule has 1 aliphatic carbocycles. The summed E-state index contributed by atoms with van der Waals surface area (Å²) in [5.74, 6) is 1.64. The Morgan fingerprint density at radius 2 is 1.57 bits per heavy atom. The Morgan fingerprint density at radius 3 is 2.21 bits per heavy atom. The fourth-order valence-corrected chi connectivity index (χ4v) is 4.09. The first-order valence-corrected chi connectivity index (χ1v) is 10.3. The minimum atomic E-state index is 0.185. The molecule has 0 unspecified atom stereocenters. The lowest BCUT2D eigenvalue weighted by Crippen LogP contribution is -2.54. The maximum absolute atomic E-state index is 12.7. The van der Waals surface area contributed by atoms with Crippen LogP contribution in [0.3, 0.4) is 0 Å². The summed E-state index contributed by atoms with van der Waals surface area (Å²) in [4.78, 5) is 33.2. The number of nitrogens with zero attached hydrogens (tertiary/aromatic N) is 4. The molecule has 2 saturated heterocycles. The average Bonchev–Trinajstić information content (AvgIpc) is 3.59. The molecule has 2 heterocycles. The van der Waals surface area contributed by atoms with Crippen molar-refractivity contribution in [1.29, 1.82) is 0 Å². The molecule has 0 N–H and O–H groups in total. The fourth-order valence-electron chi connectivity index (χ4n) is 4.09. The second kappa shape index (κ2) is 8.39. The number of carbonyl (C=O) groups excluding carboxylic acids is 2. The van der Waals surface area contributed by atoms with E-state index in [9.17, 15) is 9.59 Å². The minimum absolute atomic E-state index is 0.185. The minimum Gasteiger partial charge on any atom is -0.495 e. The monoisotopic (exact) mass is 386 g/mol. The van der Waals surface area contributed by atoms with Crippen LogP contribution in [0, 0.1) is 5.92 Å². The van der Waals surface area contributed by atoms with E-state index in [1.54, 1.807) is 7.11 Å². The van der Waals surface area contributed by atoms with Crippen molar-refractivity contribution in [2.75, 3.05) is 70.9 Å². The van der Waals surface area contributed by atoms with Crippen LogP contribution in [0.2, 0.25) is 0 Å². The zero-order chi connectivity index (χ0) is 19.5. The molecule has 1 aromatic carbocycles. The highest BCUT2D eigenvalue weighted by atomic mass is 16.5. The summed E-state index contributed by atoms with van der Waals surface area (Å²) in [6, 6.07) is 8.08. The second-order valence-electron chi connectivity index (χ2n) is 7.92. The summed E-state index contributed by atoms with van der Waals surface area (Å²) >= 11 is 0. The molecular formula is C21H30N4O3. The van der Waals surface area contributed by atoms with Crippen LogP contribution >= 0.6 is 0 Å². The molecule has 3 fully saturated rings. The summed E-state index contributed by atoms with van der Waals surface area (Å²) in [6.45, 7) is 6.67. The normalized spacial score (nSPS) is 21.0. The van der Waals surface area contributed by atoms with Gasteiger partial charge < -0.3 is 19.4 Å². The highest BCUT2D eigenvalue weighted by Gasteiger charge is 2.35. The van der Waals surface area contributed by atoms with Crippen LogP contribution in [0.4, 0.5) is 5.69 Å². The van der Waals surface area contributed by atoms with Crippen molar-refractivity contribution in [2.24, 2.45) is 5.92 Å². The Balaban J connectivity index is 1.22. The van der Waals surface area contributed by atoms with E-state index in [0.29, 0.717) is 38.6 Å². The maximum atomic E-state index is 12.7. The number of hydrogen-bond donors (Lipinski definition) is 0. The molecule has 2 aliphatic heterocycles. The fraction of sp³-hybridized carbons (Fsp3) is 0.619. The number of para-hydroxylation sites is 2. The van der Waals surface area contributed by atoms with E-state index >= 15 is 0 Å². The zero-order valence-corrected chi connectivity index (χ0v) is 16.7. The lowest BCUT2D eigenvalue weighted by Gasteiger charge is -2.38. The summed E-state index contributed by atoms with van der Waals surface area (Å²) in [7, 11) is 1.70. The smallest absolute Gasteiger partial charge is 0.236 e. The molecule has 2 amide bonds. The number of anilines is 1. The molecule has 1 saturated carbocycles. The number of amides is 2. The van der Waals surface area contributed by atoms with Crippen molar-refractivity contribution in [3.05, 3.63) is 24.3 Å². The van der Waals surface area contributed by atoms with Crippen molar-refractivity contribution in [2.45, 2.75) is 12.8 Å². The van der Waals surface area contributed by atoms with E-state index in [1.165, 1.54) is 0 Å². The second-order valence-corrected chi connectivity index (χ2v) is 7.92. The van der Waals surface area contributed by atoms with Gasteiger partial charge in [-0.25, -0.2) is 0 Å². The molecule has 0 atom stereocenters. The van der Waals surface area contributed by atoms with E-state index < -0.39 is 0 Å². The van der Waals surface area contributed by atoms with Gasteiger partial charge in [0.1, 0.15) is 5.75 Å². The molecule has 3 aliphatic rings. The van der Waals surface area contributed by atoms with E-state index in [-0.39, 0.29) is 11.8 Å². The first-order valence-electron chi connectivity index (χ1n) is 10.3. The molecule has 152 valence electrons. The third-order valence-corrected chi connectivity index (χ3v) is 6.03. The Kier molecular flexibility index (Phi) is 5.71. The summed E-state index contributed by atoms with van der Waals surface area (Å²) in [5, 5.41) is 0. The number of carbonyl (C=O) groups is 2. The maximum Gasteiger partial charge on any atom is 0.236 e. The van der Waals surface area contributed by atoms with Crippen molar-refractivity contribution >= 4 is 17.5 Å². The Bertz CT molecular complexity index is 705. The quantitative estimate of drug-likeness (QED) is 0.753. The number of rotatable bonds is 5. The van der Waals surface area contributed by atoms with Crippen LogP contribution in [0.5, 0.6) is 5.75 Å². The van der Waals surface area contributed by atoms with Gasteiger partial charge in [0, 0.05) is 58.3 Å². The van der Waals surface area contributed by atoms with Crippen LogP contribution in [0.1, 0.15) is 12.8 Å². The van der Waals surface area contributed by atoms with Gasteiger partial charge in [0.2, 0.25) is 11.8 Å². The molecule has 0 aromatic heterocycles. The Labute approximate surface area is 166 Å². The zero-order valence-electron chi connectivity index (χ0n) is 16.7. The number of methoxy groups -OCH3 is 1. The van der Waals surface area contributed by atoms with Gasteiger partial charge in [-0.05, 0) is 25.0 Å². The largest absolute Gasteiger partial charge is 0.495 e. The van der Waals surface area contributed by atoms with Crippen molar-refractivity contribution in [1.82, 2.24) is 14.7 Å². The number of ether oxygens (including phenoxy) is 1. The molecule has 4 rings (SSSR count). The standard InChI is InChI=1S/C21H30N4O3/c1-28-19-5-3-2-4-18(19)23-10-8-22(9-11-23)16-20(26)24-12-14-25(15-13-24)21(27)17-6-7-17/h2-5,17H,6-16H2,1H3. The SMILES string of the molecule is COc1ccccc1N1CCN(CC(=O)N2CCN(C(=O)C3CC3)CC2)CC1. The lowest BCUT2D eigenvalue weighted by atomic mass is 10.2. The molecule has 7 nitrogen and oxygen atoms in total. The van der Waals surface area contributed by atoms with E-state index in [4.69, 9.17) is 4.74 Å². The van der Waals surface area contributed by atoms with Gasteiger partial charge in [0.05, 0.1) is 19.3 Å². The highest BCUT2D eigenvalue weighted by Crippen LogP contribution is 2.31. The van der Waals surface area contributed by atoms with Crippen LogP contribution in [0.15, 0.2) is 24.3 Å². The highest BCUT2D eigenvalue weighted by molar-refractivity contribution is 5.82. The van der Waals surface area contributed by atoms with Gasteiger partial charge >= 0.3 is 0 Å². The van der Waals surface area contributed by atoms with Gasteiger partial charge in [-0.2, -0.15) is 0 Å². The number of hydrogen-bond acceptors (Lipinski definition) is 5. The van der Waals surface area contributed by atoms with Crippen LogP contribution in [0.25, 0.3) is 0 Å². The van der Waals surface area contributed by atoms with E-state index in [1.807, 2.05) is 28.0 Å². The summed E-state index contributed by atoms with van der Waals surface area (Å²) < 4.78 is 5.47. The van der Waals surface area contributed by atoms with Crippen LogP contribution in [-0.4, -0.2) is 92.5 Å². The van der Waals surface area contributed by atoms with Gasteiger partial charge in [-0.1, -0.05) is 12.1 Å². The average molecular weight is 386 g/mol. The van der Waals surface area contributed by atoms with Crippen LogP contribution < -0.4 is 9.64 Å².